The summed E-state index contributed by atoms with van der Waals surface area (Å²) < 4.78 is 0. The summed E-state index contributed by atoms with van der Waals surface area (Å²) in [5, 5.41) is 7.69. The van der Waals surface area contributed by atoms with E-state index in [9.17, 15) is 0 Å². The molecule has 3 nitrogen and oxygen atoms in total. The molecule has 5 heteroatoms. The van der Waals surface area contributed by atoms with Crippen molar-refractivity contribution >= 4 is 29.4 Å². The highest BCUT2D eigenvalue weighted by molar-refractivity contribution is 6.32. The molecule has 0 aromatic carbocycles. The predicted octanol–water partition coefficient (Wildman–Crippen LogP) is 3.51. The molecule has 0 aliphatic heterocycles. The minimum atomic E-state index is 0.0951. The molecule has 0 aliphatic carbocycles. The molecule has 1 rings (SSSR count). The van der Waals surface area contributed by atoms with E-state index in [-0.39, 0.29) is 5.28 Å². The van der Waals surface area contributed by atoms with Crippen LogP contribution in [0.1, 0.15) is 37.4 Å². The van der Waals surface area contributed by atoms with Gasteiger partial charge in [-0.1, -0.05) is 31.4 Å². The Morgan fingerprint density at radius 3 is 2.60 bits per heavy atom. The normalized spacial score (nSPS) is 10.3. The van der Waals surface area contributed by atoms with E-state index in [0.29, 0.717) is 10.8 Å². The van der Waals surface area contributed by atoms with E-state index < -0.39 is 0 Å². The van der Waals surface area contributed by atoms with Crippen LogP contribution in [0.2, 0.25) is 10.4 Å². The fourth-order valence-electron chi connectivity index (χ4n) is 1.35. The second-order valence-electron chi connectivity index (χ2n) is 3.25. The van der Waals surface area contributed by atoms with Gasteiger partial charge < -0.3 is 5.41 Å². The first-order chi connectivity index (χ1) is 7.19. The number of rotatable bonds is 5. The second kappa shape index (κ2) is 6.03. The zero-order chi connectivity index (χ0) is 11.3. The Kier molecular flexibility index (Phi) is 4.99. The van der Waals surface area contributed by atoms with Crippen LogP contribution in [0.15, 0.2) is 0 Å². The van der Waals surface area contributed by atoms with Crippen molar-refractivity contribution in [3.8, 4) is 0 Å². The number of aromatic nitrogens is 2. The van der Waals surface area contributed by atoms with Crippen molar-refractivity contribution in [2.75, 3.05) is 0 Å². The summed E-state index contributed by atoms with van der Waals surface area (Å²) in [4.78, 5) is 7.84. The van der Waals surface area contributed by atoms with E-state index in [1.165, 1.54) is 6.21 Å². The lowest BCUT2D eigenvalue weighted by Gasteiger charge is -2.06. The minimum absolute atomic E-state index is 0.0951. The van der Waals surface area contributed by atoms with Gasteiger partial charge in [0.2, 0.25) is 5.28 Å². The van der Waals surface area contributed by atoms with Crippen LogP contribution in [-0.4, -0.2) is 16.2 Å². The highest BCUT2D eigenvalue weighted by atomic mass is 35.5. The molecule has 0 atom stereocenters. The molecule has 0 amide bonds. The van der Waals surface area contributed by atoms with Crippen molar-refractivity contribution in [2.45, 2.75) is 32.6 Å². The van der Waals surface area contributed by atoms with Crippen LogP contribution in [0.5, 0.6) is 0 Å². The highest BCUT2D eigenvalue weighted by Crippen LogP contribution is 2.20. The lowest BCUT2D eigenvalue weighted by molar-refractivity contribution is 0.713. The van der Waals surface area contributed by atoms with E-state index in [1.807, 2.05) is 0 Å². The van der Waals surface area contributed by atoms with Gasteiger partial charge in [0.05, 0.1) is 5.69 Å². The van der Waals surface area contributed by atoms with Crippen LogP contribution < -0.4 is 0 Å². The third-order valence-electron chi connectivity index (χ3n) is 2.13. The predicted molar refractivity (Wildman–Crippen MR) is 63.2 cm³/mol. The van der Waals surface area contributed by atoms with Crippen LogP contribution in [0, 0.1) is 5.41 Å². The number of unbranched alkanes of at least 4 members (excludes halogenated alkanes) is 2. The molecule has 82 valence electrons. The molecular formula is C10H13Cl2N3. The minimum Gasteiger partial charge on any atom is -0.306 e. The van der Waals surface area contributed by atoms with Gasteiger partial charge in [-0.3, -0.25) is 0 Å². The van der Waals surface area contributed by atoms with Gasteiger partial charge in [0.25, 0.3) is 0 Å². The number of nitrogens with zero attached hydrogens (tertiary/aromatic N) is 2. The average Bonchev–Trinajstić information content (AvgIpc) is 2.20. The van der Waals surface area contributed by atoms with Crippen LogP contribution in [-0.2, 0) is 6.42 Å². The smallest absolute Gasteiger partial charge is 0.224 e. The van der Waals surface area contributed by atoms with Gasteiger partial charge in [-0.05, 0) is 24.4 Å². The molecule has 0 radical (unpaired) electrons. The number of hydrogen-bond acceptors (Lipinski definition) is 3. The maximum Gasteiger partial charge on any atom is 0.224 e. The van der Waals surface area contributed by atoms with Crippen molar-refractivity contribution in [2.24, 2.45) is 0 Å². The molecule has 0 spiro atoms. The summed E-state index contributed by atoms with van der Waals surface area (Å²) in [6.45, 7) is 2.14. The summed E-state index contributed by atoms with van der Waals surface area (Å²) in [5.41, 5.74) is 1.35. The fourth-order valence-corrected chi connectivity index (χ4v) is 1.84. The van der Waals surface area contributed by atoms with Crippen molar-refractivity contribution < 1.29 is 0 Å². The lowest BCUT2D eigenvalue weighted by Crippen LogP contribution is -2.01. The molecule has 0 unspecified atom stereocenters. The van der Waals surface area contributed by atoms with E-state index in [1.54, 1.807) is 0 Å². The zero-order valence-electron chi connectivity index (χ0n) is 8.56. The second-order valence-corrected chi connectivity index (χ2v) is 3.94. The molecule has 15 heavy (non-hydrogen) atoms. The summed E-state index contributed by atoms with van der Waals surface area (Å²) in [7, 11) is 0. The van der Waals surface area contributed by atoms with Gasteiger partial charge >= 0.3 is 0 Å². The Balaban J connectivity index is 2.89. The maximum atomic E-state index is 7.23. The molecule has 0 fully saturated rings. The van der Waals surface area contributed by atoms with E-state index in [2.05, 4.69) is 16.9 Å². The number of hydrogen-bond donors (Lipinski definition) is 1. The first kappa shape index (κ1) is 12.4. The lowest BCUT2D eigenvalue weighted by atomic mass is 10.1. The first-order valence-electron chi connectivity index (χ1n) is 4.91. The molecule has 0 saturated heterocycles. The SMILES string of the molecule is CCCCCc1c(Cl)nc(Cl)nc1C=N. The molecule has 1 aromatic rings. The Morgan fingerprint density at radius 2 is 2.00 bits per heavy atom. The van der Waals surface area contributed by atoms with Gasteiger partial charge in [0, 0.05) is 11.8 Å². The Labute approximate surface area is 99.4 Å². The molecule has 1 heterocycles. The number of halogens is 2. The van der Waals surface area contributed by atoms with Gasteiger partial charge in [0.15, 0.2) is 0 Å². The van der Waals surface area contributed by atoms with Crippen molar-refractivity contribution in [1.82, 2.24) is 9.97 Å². The third kappa shape index (κ3) is 3.43. The maximum absolute atomic E-state index is 7.23. The van der Waals surface area contributed by atoms with Gasteiger partial charge in [0.1, 0.15) is 5.15 Å². The first-order valence-corrected chi connectivity index (χ1v) is 5.67. The summed E-state index contributed by atoms with van der Waals surface area (Å²) >= 11 is 11.6. The van der Waals surface area contributed by atoms with Crippen molar-refractivity contribution in [3.63, 3.8) is 0 Å². The Morgan fingerprint density at radius 1 is 1.27 bits per heavy atom. The molecule has 0 aliphatic rings. The van der Waals surface area contributed by atoms with Crippen LogP contribution in [0.4, 0.5) is 0 Å². The molecule has 1 N–H and O–H groups in total. The molecular weight excluding hydrogens is 233 g/mol. The average molecular weight is 246 g/mol. The topological polar surface area (TPSA) is 49.6 Å². The molecule has 0 saturated carbocycles. The third-order valence-corrected chi connectivity index (χ3v) is 2.61. The van der Waals surface area contributed by atoms with E-state index in [0.717, 1.165) is 31.2 Å². The largest absolute Gasteiger partial charge is 0.306 e. The van der Waals surface area contributed by atoms with Crippen LogP contribution >= 0.6 is 23.2 Å². The highest BCUT2D eigenvalue weighted by Gasteiger charge is 2.10. The van der Waals surface area contributed by atoms with E-state index >= 15 is 0 Å². The zero-order valence-corrected chi connectivity index (χ0v) is 10.1. The Hall–Kier alpha value is -0.670. The summed E-state index contributed by atoms with van der Waals surface area (Å²) in [5.74, 6) is 0. The van der Waals surface area contributed by atoms with Gasteiger partial charge in [-0.25, -0.2) is 9.97 Å². The van der Waals surface area contributed by atoms with Crippen LogP contribution in [0.3, 0.4) is 0 Å². The monoisotopic (exact) mass is 245 g/mol. The molecule has 1 aromatic heterocycles. The summed E-state index contributed by atoms with van der Waals surface area (Å²) in [6, 6.07) is 0. The van der Waals surface area contributed by atoms with Crippen LogP contribution in [0.25, 0.3) is 0 Å². The Bertz CT molecular complexity index is 353. The number of nitrogens with one attached hydrogen (secondary N) is 1. The van der Waals surface area contributed by atoms with E-state index in [4.69, 9.17) is 28.6 Å². The standard InChI is InChI=1S/C10H13Cl2N3/c1-2-3-4-5-7-8(6-13)14-10(12)15-9(7)11/h6,13H,2-5H2,1H3. The summed E-state index contributed by atoms with van der Waals surface area (Å²) in [6.07, 6.45) is 5.28. The van der Waals surface area contributed by atoms with Crippen molar-refractivity contribution in [1.29, 1.82) is 5.41 Å². The van der Waals surface area contributed by atoms with Gasteiger partial charge in [-0.15, -0.1) is 0 Å². The quantitative estimate of drug-likeness (QED) is 0.374. The molecule has 0 bridgehead atoms. The van der Waals surface area contributed by atoms with Crippen molar-refractivity contribution in [3.05, 3.63) is 21.7 Å². The van der Waals surface area contributed by atoms with Gasteiger partial charge in [-0.2, -0.15) is 0 Å². The fraction of sp³-hybridized carbons (Fsp3) is 0.500.